The fourth-order valence-electron chi connectivity index (χ4n) is 4.21. The Morgan fingerprint density at radius 2 is 1.66 bits per heavy atom. The van der Waals surface area contributed by atoms with Gasteiger partial charge in [0, 0.05) is 29.2 Å². The number of H-pyrrole nitrogens is 1. The molecule has 0 radical (unpaired) electrons. The van der Waals surface area contributed by atoms with Crippen LogP contribution in [0.25, 0.3) is 10.9 Å². The second-order valence-electron chi connectivity index (χ2n) is 7.26. The van der Waals surface area contributed by atoms with Gasteiger partial charge in [0.15, 0.2) is 0 Å². The summed E-state index contributed by atoms with van der Waals surface area (Å²) in [6.45, 7) is 0.280. The molecule has 0 saturated carbocycles. The van der Waals surface area contributed by atoms with Crippen LogP contribution in [0.3, 0.4) is 0 Å². The number of nitrogens with one attached hydrogen (secondary N) is 4. The first-order valence-corrected chi connectivity index (χ1v) is 9.40. The predicted octanol–water partition coefficient (Wildman–Crippen LogP) is 2.22. The lowest BCUT2D eigenvalue weighted by Crippen LogP contribution is -2.71. The maximum atomic E-state index is 12.8. The summed E-state index contributed by atoms with van der Waals surface area (Å²) < 4.78 is 0. The number of carbonyl (C=O) groups excluding carboxylic acids is 3. The third-order valence-corrected chi connectivity index (χ3v) is 5.55. The van der Waals surface area contributed by atoms with Crippen LogP contribution in [0.5, 0.6) is 0 Å². The molecule has 0 aliphatic carbocycles. The summed E-state index contributed by atoms with van der Waals surface area (Å²) >= 11 is 0. The highest BCUT2D eigenvalue weighted by atomic mass is 16.2. The highest BCUT2D eigenvalue weighted by molar-refractivity contribution is 6.00. The van der Waals surface area contributed by atoms with Gasteiger partial charge in [0.25, 0.3) is 0 Å². The van der Waals surface area contributed by atoms with E-state index in [9.17, 15) is 14.4 Å². The summed E-state index contributed by atoms with van der Waals surface area (Å²) in [5.74, 6) is -1.08. The zero-order valence-corrected chi connectivity index (χ0v) is 15.4. The molecule has 29 heavy (non-hydrogen) atoms. The van der Waals surface area contributed by atoms with Crippen LogP contribution in [0.1, 0.15) is 17.2 Å². The molecule has 3 unspecified atom stereocenters. The molecular weight excluding hydrogens is 370 g/mol. The fourth-order valence-corrected chi connectivity index (χ4v) is 4.21. The number of urea groups is 2. The van der Waals surface area contributed by atoms with E-state index in [-0.39, 0.29) is 6.54 Å². The van der Waals surface area contributed by atoms with Gasteiger partial charge in [0.2, 0.25) is 5.91 Å². The van der Waals surface area contributed by atoms with E-state index in [4.69, 9.17) is 0 Å². The van der Waals surface area contributed by atoms with Crippen LogP contribution in [0.4, 0.5) is 9.59 Å². The van der Waals surface area contributed by atoms with Crippen molar-refractivity contribution in [1.29, 1.82) is 0 Å². The number of fused-ring (bicyclic) bond motifs is 2. The first-order valence-electron chi connectivity index (χ1n) is 9.40. The van der Waals surface area contributed by atoms with E-state index in [2.05, 4.69) is 20.9 Å². The minimum atomic E-state index is -0.746. The summed E-state index contributed by atoms with van der Waals surface area (Å²) in [6.07, 6.45) is 1.06. The SMILES string of the molecule is O=C1NC(c2c[nH]c3ccccc23)C2C(=O)NC(=O)N(Cc3ccccc3)C2N1. The fraction of sp³-hybridized carbons (Fsp3) is 0.190. The molecule has 8 nitrogen and oxygen atoms in total. The monoisotopic (exact) mass is 389 g/mol. The van der Waals surface area contributed by atoms with Crippen molar-refractivity contribution in [3.05, 3.63) is 71.9 Å². The number of carbonyl (C=O) groups is 3. The second-order valence-corrected chi connectivity index (χ2v) is 7.26. The molecule has 5 rings (SSSR count). The van der Waals surface area contributed by atoms with Gasteiger partial charge in [0.1, 0.15) is 12.1 Å². The number of hydrogen-bond donors (Lipinski definition) is 4. The highest BCUT2D eigenvalue weighted by Crippen LogP contribution is 2.35. The number of para-hydroxylation sites is 1. The van der Waals surface area contributed by atoms with E-state index in [1.54, 1.807) is 0 Å². The second kappa shape index (κ2) is 6.66. The maximum absolute atomic E-state index is 12.8. The number of aromatic amines is 1. The maximum Gasteiger partial charge on any atom is 0.326 e. The number of hydrogen-bond acceptors (Lipinski definition) is 3. The minimum absolute atomic E-state index is 0.280. The van der Waals surface area contributed by atoms with E-state index < -0.39 is 36.1 Å². The van der Waals surface area contributed by atoms with Crippen molar-refractivity contribution in [1.82, 2.24) is 25.8 Å². The molecule has 3 aromatic rings. The molecule has 0 spiro atoms. The van der Waals surface area contributed by atoms with E-state index >= 15 is 0 Å². The smallest absolute Gasteiger partial charge is 0.326 e. The van der Waals surface area contributed by atoms with Gasteiger partial charge in [-0.05, 0) is 11.6 Å². The largest absolute Gasteiger partial charge is 0.361 e. The van der Waals surface area contributed by atoms with Crippen LogP contribution in [0.15, 0.2) is 60.8 Å². The van der Waals surface area contributed by atoms with Crippen molar-refractivity contribution in [3.63, 3.8) is 0 Å². The highest BCUT2D eigenvalue weighted by Gasteiger charge is 2.50. The average Bonchev–Trinajstić information content (AvgIpc) is 3.15. The molecule has 2 fully saturated rings. The first-order chi connectivity index (χ1) is 14.1. The molecule has 2 aliphatic rings. The van der Waals surface area contributed by atoms with Gasteiger partial charge in [-0.1, -0.05) is 48.5 Å². The van der Waals surface area contributed by atoms with Crippen molar-refractivity contribution in [2.75, 3.05) is 0 Å². The Morgan fingerprint density at radius 1 is 0.897 bits per heavy atom. The number of aromatic nitrogens is 1. The Hall–Kier alpha value is -3.81. The van der Waals surface area contributed by atoms with E-state index in [0.29, 0.717) is 0 Å². The Bertz CT molecular complexity index is 1110. The molecule has 3 atom stereocenters. The Balaban J connectivity index is 1.55. The van der Waals surface area contributed by atoms with E-state index in [1.165, 1.54) is 4.90 Å². The van der Waals surface area contributed by atoms with Gasteiger partial charge < -0.3 is 15.6 Å². The lowest BCUT2D eigenvalue weighted by atomic mass is 9.86. The Labute approximate surface area is 166 Å². The third-order valence-electron chi connectivity index (χ3n) is 5.55. The van der Waals surface area contributed by atoms with Crippen molar-refractivity contribution in [3.8, 4) is 0 Å². The standard InChI is InChI=1S/C21H19N5O3/c27-19-16-17(14-10-22-15-9-5-4-8-13(14)15)23-20(28)24-18(16)26(21(29)25-19)11-12-6-2-1-3-7-12/h1-10,16-18,22H,11H2,(H2,23,24,28)(H,25,27,29). The normalized spacial score (nSPS) is 23.9. The molecule has 1 aromatic heterocycles. The third kappa shape index (κ3) is 2.89. The van der Waals surface area contributed by atoms with Crippen LogP contribution >= 0.6 is 0 Å². The molecule has 146 valence electrons. The summed E-state index contributed by atoms with van der Waals surface area (Å²) in [4.78, 5) is 42.6. The van der Waals surface area contributed by atoms with Gasteiger partial charge in [-0.2, -0.15) is 0 Å². The summed E-state index contributed by atoms with van der Waals surface area (Å²) in [5, 5.41) is 9.02. The molecule has 4 N–H and O–H groups in total. The molecule has 2 aliphatic heterocycles. The zero-order valence-electron chi connectivity index (χ0n) is 15.4. The molecule has 0 bridgehead atoms. The lowest BCUT2D eigenvalue weighted by Gasteiger charge is -2.46. The Kier molecular flexibility index (Phi) is 3.97. The van der Waals surface area contributed by atoms with Crippen LogP contribution in [-0.2, 0) is 11.3 Å². The molecular formula is C21H19N5O3. The van der Waals surface area contributed by atoms with Crippen molar-refractivity contribution in [2.24, 2.45) is 5.92 Å². The average molecular weight is 389 g/mol. The van der Waals surface area contributed by atoms with E-state index in [0.717, 1.165) is 22.0 Å². The van der Waals surface area contributed by atoms with Crippen molar-refractivity contribution in [2.45, 2.75) is 18.8 Å². The van der Waals surface area contributed by atoms with Gasteiger partial charge in [-0.3, -0.25) is 15.0 Å². The van der Waals surface area contributed by atoms with Crippen LogP contribution < -0.4 is 16.0 Å². The summed E-state index contributed by atoms with van der Waals surface area (Å²) in [6, 6.07) is 15.7. The van der Waals surface area contributed by atoms with Gasteiger partial charge in [-0.25, -0.2) is 9.59 Å². The number of amides is 5. The first kappa shape index (κ1) is 17.3. The number of imide groups is 1. The summed E-state index contributed by atoms with van der Waals surface area (Å²) in [5.41, 5.74) is 2.64. The van der Waals surface area contributed by atoms with E-state index in [1.807, 2.05) is 60.8 Å². The zero-order chi connectivity index (χ0) is 20.0. The quantitative estimate of drug-likeness (QED) is 0.552. The van der Waals surface area contributed by atoms with Gasteiger partial charge in [-0.15, -0.1) is 0 Å². The predicted molar refractivity (Wildman–Crippen MR) is 106 cm³/mol. The minimum Gasteiger partial charge on any atom is -0.361 e. The molecule has 2 saturated heterocycles. The molecule has 3 heterocycles. The summed E-state index contributed by atoms with van der Waals surface area (Å²) in [7, 11) is 0. The van der Waals surface area contributed by atoms with Crippen LogP contribution in [0.2, 0.25) is 0 Å². The van der Waals surface area contributed by atoms with Gasteiger partial charge in [0.05, 0.1) is 6.04 Å². The lowest BCUT2D eigenvalue weighted by molar-refractivity contribution is -0.130. The number of rotatable bonds is 3. The van der Waals surface area contributed by atoms with Crippen molar-refractivity contribution >= 4 is 28.9 Å². The number of nitrogens with zero attached hydrogens (tertiary/aromatic N) is 1. The van der Waals surface area contributed by atoms with Crippen LogP contribution in [0, 0.1) is 5.92 Å². The van der Waals surface area contributed by atoms with Crippen molar-refractivity contribution < 1.29 is 14.4 Å². The molecule has 2 aromatic carbocycles. The van der Waals surface area contributed by atoms with Gasteiger partial charge >= 0.3 is 12.1 Å². The molecule has 8 heteroatoms. The topological polar surface area (TPSA) is 106 Å². The number of benzene rings is 2. The molecule has 5 amide bonds. The Morgan fingerprint density at radius 3 is 2.48 bits per heavy atom. The van der Waals surface area contributed by atoms with Crippen LogP contribution in [-0.4, -0.2) is 34.0 Å².